The average molecular weight is 417 g/mol. The molecular formula is C13H19F3IN3O. The first-order chi connectivity index (χ1) is 9.40. The fourth-order valence-electron chi connectivity index (χ4n) is 1.49. The summed E-state index contributed by atoms with van der Waals surface area (Å²) in [4.78, 5) is 4.16. The highest BCUT2D eigenvalue weighted by atomic mass is 127. The van der Waals surface area contributed by atoms with Crippen molar-refractivity contribution >= 4 is 29.9 Å². The van der Waals surface area contributed by atoms with Gasteiger partial charge >= 0.3 is 6.18 Å². The van der Waals surface area contributed by atoms with Gasteiger partial charge in [0, 0.05) is 13.1 Å². The fourth-order valence-corrected chi connectivity index (χ4v) is 1.49. The van der Waals surface area contributed by atoms with E-state index >= 15 is 0 Å². The third kappa shape index (κ3) is 9.38. The van der Waals surface area contributed by atoms with Gasteiger partial charge in [-0.2, -0.15) is 13.2 Å². The van der Waals surface area contributed by atoms with Gasteiger partial charge in [-0.15, -0.1) is 24.0 Å². The van der Waals surface area contributed by atoms with Gasteiger partial charge < -0.3 is 15.7 Å². The van der Waals surface area contributed by atoms with Gasteiger partial charge in [-0.3, -0.25) is 0 Å². The number of nitrogens with one attached hydrogen (secondary N) is 2. The van der Waals surface area contributed by atoms with Crippen molar-refractivity contribution in [3.05, 3.63) is 29.8 Å². The normalized spacial score (nSPS) is 11.7. The Hall–Kier alpha value is -1.19. The Morgan fingerprint density at radius 3 is 2.57 bits per heavy atom. The molecule has 0 unspecified atom stereocenters. The molecule has 3 N–H and O–H groups in total. The molecule has 0 aromatic heterocycles. The topological polar surface area (TPSA) is 56.7 Å². The van der Waals surface area contributed by atoms with Gasteiger partial charge in [0.15, 0.2) is 5.96 Å². The van der Waals surface area contributed by atoms with Gasteiger partial charge in [0.1, 0.15) is 5.75 Å². The van der Waals surface area contributed by atoms with Crippen LogP contribution in [0.3, 0.4) is 0 Å². The molecule has 0 spiro atoms. The largest absolute Gasteiger partial charge is 0.508 e. The number of alkyl halides is 3. The van der Waals surface area contributed by atoms with Crippen LogP contribution in [0.5, 0.6) is 5.75 Å². The van der Waals surface area contributed by atoms with E-state index in [4.69, 9.17) is 0 Å². The van der Waals surface area contributed by atoms with Crippen molar-refractivity contribution in [1.29, 1.82) is 0 Å². The number of rotatable bonds is 5. The lowest BCUT2D eigenvalue weighted by Crippen LogP contribution is -2.38. The molecule has 0 saturated carbocycles. The number of phenolic OH excluding ortho intramolecular Hbond substituents is 1. The highest BCUT2D eigenvalue weighted by molar-refractivity contribution is 14.0. The number of hydrogen-bond donors (Lipinski definition) is 3. The quantitative estimate of drug-likeness (QED) is 0.392. The molecule has 0 heterocycles. The summed E-state index contributed by atoms with van der Waals surface area (Å²) in [6, 6.07) is 6.56. The monoisotopic (exact) mass is 417 g/mol. The number of guanidine groups is 1. The molecule has 1 aromatic rings. The van der Waals surface area contributed by atoms with E-state index in [1.807, 2.05) is 6.92 Å². The van der Waals surface area contributed by atoms with Crippen molar-refractivity contribution in [2.24, 2.45) is 4.99 Å². The van der Waals surface area contributed by atoms with E-state index in [9.17, 15) is 18.3 Å². The molecule has 0 bridgehead atoms. The average Bonchev–Trinajstić information content (AvgIpc) is 2.34. The van der Waals surface area contributed by atoms with Crippen LogP contribution in [0.15, 0.2) is 29.3 Å². The lowest BCUT2D eigenvalue weighted by atomic mass is 10.2. The number of aromatic hydroxyl groups is 1. The first kappa shape index (κ1) is 19.8. The van der Waals surface area contributed by atoms with Gasteiger partial charge in [-0.25, -0.2) is 4.99 Å². The third-order valence-corrected chi connectivity index (χ3v) is 2.38. The Labute approximate surface area is 138 Å². The molecule has 8 heteroatoms. The van der Waals surface area contributed by atoms with Gasteiger partial charge in [-0.1, -0.05) is 12.1 Å². The molecule has 0 saturated heterocycles. The summed E-state index contributed by atoms with van der Waals surface area (Å²) in [6.45, 7) is 2.43. The zero-order chi connectivity index (χ0) is 15.0. The highest BCUT2D eigenvalue weighted by Crippen LogP contribution is 2.18. The van der Waals surface area contributed by atoms with Crippen molar-refractivity contribution in [3.63, 3.8) is 0 Å². The van der Waals surface area contributed by atoms with Crippen molar-refractivity contribution in [1.82, 2.24) is 10.6 Å². The first-order valence-electron chi connectivity index (χ1n) is 6.27. The van der Waals surface area contributed by atoms with E-state index in [2.05, 4.69) is 15.6 Å². The van der Waals surface area contributed by atoms with Crippen LogP contribution in [0.4, 0.5) is 13.2 Å². The van der Waals surface area contributed by atoms with Crippen LogP contribution in [-0.4, -0.2) is 30.3 Å². The van der Waals surface area contributed by atoms with Gasteiger partial charge in [0.25, 0.3) is 0 Å². The maximum absolute atomic E-state index is 12.1. The van der Waals surface area contributed by atoms with E-state index in [0.29, 0.717) is 12.5 Å². The summed E-state index contributed by atoms with van der Waals surface area (Å²) < 4.78 is 36.2. The van der Waals surface area contributed by atoms with Crippen LogP contribution in [0.1, 0.15) is 18.9 Å². The van der Waals surface area contributed by atoms with E-state index < -0.39 is 12.6 Å². The standard InChI is InChI=1S/C13H18F3N3O.HI/c1-2-17-12(18-7-6-13(14,15)16)19-9-10-4-3-5-11(20)8-10;/h3-5,8,20H,2,6-7,9H2,1H3,(H2,17,18,19);1H. The SMILES string of the molecule is CCNC(=NCc1cccc(O)c1)NCCC(F)(F)F.I. The Bertz CT molecular complexity index is 453. The second-order valence-electron chi connectivity index (χ2n) is 4.16. The Morgan fingerprint density at radius 1 is 1.29 bits per heavy atom. The predicted molar refractivity (Wildman–Crippen MR) is 87.0 cm³/mol. The third-order valence-electron chi connectivity index (χ3n) is 2.38. The maximum atomic E-state index is 12.1. The fraction of sp³-hybridized carbons (Fsp3) is 0.462. The molecule has 0 atom stereocenters. The summed E-state index contributed by atoms with van der Waals surface area (Å²) in [6.07, 6.45) is -5.10. The summed E-state index contributed by atoms with van der Waals surface area (Å²) in [5, 5.41) is 14.8. The van der Waals surface area contributed by atoms with Crippen LogP contribution in [0.2, 0.25) is 0 Å². The van der Waals surface area contributed by atoms with Crippen molar-refractivity contribution < 1.29 is 18.3 Å². The minimum absolute atomic E-state index is 0. The lowest BCUT2D eigenvalue weighted by Gasteiger charge is -2.12. The van der Waals surface area contributed by atoms with E-state index in [1.54, 1.807) is 24.3 Å². The van der Waals surface area contributed by atoms with Crippen LogP contribution in [0, 0.1) is 0 Å². The van der Waals surface area contributed by atoms with Crippen molar-refractivity contribution in [3.8, 4) is 5.75 Å². The zero-order valence-electron chi connectivity index (χ0n) is 11.6. The summed E-state index contributed by atoms with van der Waals surface area (Å²) in [5.74, 6) is 0.452. The van der Waals surface area contributed by atoms with E-state index in [0.717, 1.165) is 5.56 Å². The van der Waals surface area contributed by atoms with E-state index in [-0.39, 0.29) is 42.8 Å². The molecular weight excluding hydrogens is 398 g/mol. The number of aliphatic imine (C=N–C) groups is 1. The molecule has 120 valence electrons. The number of halogens is 4. The number of hydrogen-bond acceptors (Lipinski definition) is 2. The van der Waals surface area contributed by atoms with Gasteiger partial charge in [0.05, 0.1) is 13.0 Å². The Kier molecular flexibility index (Phi) is 9.14. The molecule has 0 aliphatic heterocycles. The maximum Gasteiger partial charge on any atom is 0.390 e. The van der Waals surface area contributed by atoms with Crippen LogP contribution in [-0.2, 0) is 6.54 Å². The molecule has 4 nitrogen and oxygen atoms in total. The minimum Gasteiger partial charge on any atom is -0.508 e. The second-order valence-corrected chi connectivity index (χ2v) is 4.16. The van der Waals surface area contributed by atoms with Crippen LogP contribution < -0.4 is 10.6 Å². The lowest BCUT2D eigenvalue weighted by molar-refractivity contribution is -0.132. The molecule has 0 fully saturated rings. The van der Waals surface area contributed by atoms with Crippen molar-refractivity contribution in [2.45, 2.75) is 26.1 Å². The molecule has 1 aromatic carbocycles. The minimum atomic E-state index is -4.18. The molecule has 0 radical (unpaired) electrons. The molecule has 1 rings (SSSR count). The van der Waals surface area contributed by atoms with Gasteiger partial charge in [0.2, 0.25) is 0 Å². The predicted octanol–water partition coefficient (Wildman–Crippen LogP) is 3.02. The Morgan fingerprint density at radius 2 is 2.00 bits per heavy atom. The summed E-state index contributed by atoms with van der Waals surface area (Å²) in [7, 11) is 0. The van der Waals surface area contributed by atoms with Crippen LogP contribution in [0.25, 0.3) is 0 Å². The summed E-state index contributed by atoms with van der Waals surface area (Å²) in [5.41, 5.74) is 0.776. The van der Waals surface area contributed by atoms with Gasteiger partial charge in [-0.05, 0) is 24.6 Å². The van der Waals surface area contributed by atoms with Crippen molar-refractivity contribution in [2.75, 3.05) is 13.1 Å². The van der Waals surface area contributed by atoms with Crippen LogP contribution >= 0.6 is 24.0 Å². The smallest absolute Gasteiger partial charge is 0.390 e. The molecule has 0 aliphatic carbocycles. The highest BCUT2D eigenvalue weighted by Gasteiger charge is 2.26. The Balaban J connectivity index is 0.00000400. The molecule has 0 amide bonds. The molecule has 21 heavy (non-hydrogen) atoms. The van der Waals surface area contributed by atoms with E-state index in [1.165, 1.54) is 0 Å². The number of phenols is 1. The second kappa shape index (κ2) is 9.69. The zero-order valence-corrected chi connectivity index (χ0v) is 13.9. The first-order valence-corrected chi connectivity index (χ1v) is 6.27. The molecule has 0 aliphatic rings. The summed E-state index contributed by atoms with van der Waals surface area (Å²) >= 11 is 0. The number of benzene rings is 1. The number of nitrogens with zero attached hydrogens (tertiary/aromatic N) is 1.